The molecule has 6 nitrogen and oxygen atoms in total. The Morgan fingerprint density at radius 1 is 1.19 bits per heavy atom. The Morgan fingerprint density at radius 2 is 1.93 bits per heavy atom. The highest BCUT2D eigenvalue weighted by atomic mass is 16.5. The summed E-state index contributed by atoms with van der Waals surface area (Å²) in [4.78, 5) is 33.6. The van der Waals surface area contributed by atoms with Crippen LogP contribution in [0.5, 0.6) is 5.75 Å². The van der Waals surface area contributed by atoms with Crippen LogP contribution in [-0.2, 0) is 11.3 Å². The molecular formula is C21H21N3O3. The molecule has 6 heteroatoms. The van der Waals surface area contributed by atoms with E-state index in [9.17, 15) is 9.59 Å². The number of likely N-dealkylation sites (N-methyl/N-ethyl adjacent to an activating group) is 1. The van der Waals surface area contributed by atoms with E-state index in [2.05, 4.69) is 9.97 Å². The molecule has 0 aliphatic rings. The second-order valence-electron chi connectivity index (χ2n) is 5.96. The van der Waals surface area contributed by atoms with Crippen molar-refractivity contribution in [3.63, 3.8) is 0 Å². The zero-order valence-electron chi connectivity index (χ0n) is 15.3. The molecule has 0 aliphatic carbocycles. The van der Waals surface area contributed by atoms with E-state index >= 15 is 0 Å². The zero-order valence-corrected chi connectivity index (χ0v) is 15.3. The van der Waals surface area contributed by atoms with Crippen LogP contribution < -0.4 is 10.3 Å². The van der Waals surface area contributed by atoms with Gasteiger partial charge >= 0.3 is 0 Å². The van der Waals surface area contributed by atoms with Gasteiger partial charge in [0.15, 0.2) is 0 Å². The molecular weight excluding hydrogens is 342 g/mol. The van der Waals surface area contributed by atoms with Crippen molar-refractivity contribution in [2.24, 2.45) is 0 Å². The predicted octanol–water partition coefficient (Wildman–Crippen LogP) is 2.99. The summed E-state index contributed by atoms with van der Waals surface area (Å²) in [7, 11) is 1.59. The average molecular weight is 363 g/mol. The number of nitrogens with zero attached hydrogens (tertiary/aromatic N) is 2. The lowest BCUT2D eigenvalue weighted by Crippen LogP contribution is -2.30. The number of hydrogen-bond donors (Lipinski definition) is 1. The molecule has 27 heavy (non-hydrogen) atoms. The summed E-state index contributed by atoms with van der Waals surface area (Å²) in [5.41, 5.74) is 1.23. The molecule has 1 aromatic heterocycles. The zero-order chi connectivity index (χ0) is 19.2. The van der Waals surface area contributed by atoms with Crippen LogP contribution in [0.2, 0.25) is 0 Å². The first-order valence-electron chi connectivity index (χ1n) is 8.70. The SMILES string of the molecule is CCN(Cc1nc2ccccc2c(=O)[nH]1)C(=O)C=Cc1ccccc1OC. The normalized spacial score (nSPS) is 11.0. The number of benzene rings is 2. The van der Waals surface area contributed by atoms with E-state index in [0.29, 0.717) is 29.0 Å². The van der Waals surface area contributed by atoms with E-state index in [1.807, 2.05) is 37.3 Å². The molecule has 138 valence electrons. The minimum atomic E-state index is -0.205. The molecule has 3 aromatic rings. The van der Waals surface area contributed by atoms with Gasteiger partial charge < -0.3 is 14.6 Å². The van der Waals surface area contributed by atoms with Gasteiger partial charge in [0, 0.05) is 18.2 Å². The number of carbonyl (C=O) groups is 1. The number of methoxy groups -OCH3 is 1. The van der Waals surface area contributed by atoms with Gasteiger partial charge in [-0.25, -0.2) is 4.98 Å². The van der Waals surface area contributed by atoms with E-state index in [0.717, 1.165) is 5.56 Å². The molecule has 0 radical (unpaired) electrons. The summed E-state index contributed by atoms with van der Waals surface area (Å²) in [6.45, 7) is 2.60. The van der Waals surface area contributed by atoms with Gasteiger partial charge in [-0.15, -0.1) is 0 Å². The Kier molecular flexibility index (Phi) is 5.66. The fraction of sp³-hybridized carbons (Fsp3) is 0.190. The number of aromatic nitrogens is 2. The third kappa shape index (κ3) is 4.23. The number of H-pyrrole nitrogens is 1. The third-order valence-electron chi connectivity index (χ3n) is 4.24. The van der Waals surface area contributed by atoms with E-state index < -0.39 is 0 Å². The molecule has 2 aromatic carbocycles. The molecule has 1 heterocycles. The van der Waals surface area contributed by atoms with Crippen molar-refractivity contribution < 1.29 is 9.53 Å². The molecule has 1 amide bonds. The Labute approximate surface area is 157 Å². The second-order valence-corrected chi connectivity index (χ2v) is 5.96. The number of carbonyl (C=O) groups excluding carboxylic acids is 1. The summed E-state index contributed by atoms with van der Waals surface area (Å²) < 4.78 is 5.29. The van der Waals surface area contributed by atoms with E-state index in [-0.39, 0.29) is 18.0 Å². The minimum absolute atomic E-state index is 0.167. The van der Waals surface area contributed by atoms with Gasteiger partial charge in [0.1, 0.15) is 11.6 Å². The fourth-order valence-electron chi connectivity index (χ4n) is 2.81. The number of amides is 1. The van der Waals surface area contributed by atoms with Crippen molar-refractivity contribution >= 4 is 22.9 Å². The Balaban J connectivity index is 1.80. The highest BCUT2D eigenvalue weighted by Gasteiger charge is 2.12. The standard InChI is InChI=1S/C21H21N3O3/c1-3-24(20(25)13-12-15-8-4-7-11-18(15)27-2)14-19-22-17-10-6-5-9-16(17)21(26)23-19/h4-13H,3,14H2,1-2H3,(H,22,23,26). The molecule has 0 atom stereocenters. The Morgan fingerprint density at radius 3 is 2.70 bits per heavy atom. The number of aromatic amines is 1. The summed E-state index contributed by atoms with van der Waals surface area (Å²) in [5, 5.41) is 0.534. The van der Waals surface area contributed by atoms with E-state index in [1.165, 1.54) is 6.08 Å². The van der Waals surface area contributed by atoms with Crippen molar-refractivity contribution in [3.8, 4) is 5.75 Å². The van der Waals surface area contributed by atoms with Crippen molar-refractivity contribution in [2.75, 3.05) is 13.7 Å². The van der Waals surface area contributed by atoms with Crippen LogP contribution >= 0.6 is 0 Å². The van der Waals surface area contributed by atoms with E-state index in [4.69, 9.17) is 4.74 Å². The topological polar surface area (TPSA) is 75.3 Å². The van der Waals surface area contributed by atoms with Gasteiger partial charge in [-0.2, -0.15) is 0 Å². The summed E-state index contributed by atoms with van der Waals surface area (Å²) >= 11 is 0. The number of rotatable bonds is 6. The Hall–Kier alpha value is -3.41. The van der Waals surface area contributed by atoms with Crippen LogP contribution in [0.1, 0.15) is 18.3 Å². The lowest BCUT2D eigenvalue weighted by atomic mass is 10.2. The smallest absolute Gasteiger partial charge is 0.258 e. The first kappa shape index (κ1) is 18.4. The number of para-hydroxylation sites is 2. The Bertz CT molecular complexity index is 1040. The second kappa shape index (κ2) is 8.31. The van der Waals surface area contributed by atoms with Crippen LogP contribution in [-0.4, -0.2) is 34.4 Å². The molecule has 0 spiro atoms. The van der Waals surface area contributed by atoms with Crippen LogP contribution in [0.15, 0.2) is 59.4 Å². The monoisotopic (exact) mass is 363 g/mol. The maximum absolute atomic E-state index is 12.6. The maximum Gasteiger partial charge on any atom is 0.258 e. The van der Waals surface area contributed by atoms with Gasteiger partial charge in [0.05, 0.1) is 24.6 Å². The number of nitrogens with one attached hydrogen (secondary N) is 1. The van der Waals surface area contributed by atoms with Crippen LogP contribution in [0.25, 0.3) is 17.0 Å². The van der Waals surface area contributed by atoms with Crippen molar-refractivity contribution in [3.05, 3.63) is 76.3 Å². The predicted molar refractivity (Wildman–Crippen MR) is 105 cm³/mol. The molecule has 0 unspecified atom stereocenters. The first-order chi connectivity index (χ1) is 13.1. The van der Waals surface area contributed by atoms with Crippen LogP contribution in [0.3, 0.4) is 0 Å². The van der Waals surface area contributed by atoms with Crippen molar-refractivity contribution in [1.82, 2.24) is 14.9 Å². The average Bonchev–Trinajstić information content (AvgIpc) is 2.70. The summed E-state index contributed by atoms with van der Waals surface area (Å²) in [5.74, 6) is 0.990. The fourth-order valence-corrected chi connectivity index (χ4v) is 2.81. The van der Waals surface area contributed by atoms with Gasteiger partial charge in [-0.1, -0.05) is 30.3 Å². The quantitative estimate of drug-likeness (QED) is 0.683. The van der Waals surface area contributed by atoms with E-state index in [1.54, 1.807) is 36.3 Å². The van der Waals surface area contributed by atoms with Gasteiger partial charge in [0.2, 0.25) is 5.91 Å². The van der Waals surface area contributed by atoms with Crippen LogP contribution in [0.4, 0.5) is 0 Å². The molecule has 0 saturated heterocycles. The van der Waals surface area contributed by atoms with Gasteiger partial charge in [0.25, 0.3) is 5.56 Å². The first-order valence-corrected chi connectivity index (χ1v) is 8.70. The number of ether oxygens (including phenoxy) is 1. The molecule has 0 fully saturated rings. The molecule has 0 aliphatic heterocycles. The number of hydrogen-bond acceptors (Lipinski definition) is 4. The largest absolute Gasteiger partial charge is 0.496 e. The van der Waals surface area contributed by atoms with Crippen molar-refractivity contribution in [2.45, 2.75) is 13.5 Å². The lowest BCUT2D eigenvalue weighted by molar-refractivity contribution is -0.126. The van der Waals surface area contributed by atoms with Crippen molar-refractivity contribution in [1.29, 1.82) is 0 Å². The molecule has 3 rings (SSSR count). The summed E-state index contributed by atoms with van der Waals surface area (Å²) in [6.07, 6.45) is 3.22. The van der Waals surface area contributed by atoms with Gasteiger partial charge in [-0.3, -0.25) is 9.59 Å². The summed E-state index contributed by atoms with van der Waals surface area (Å²) in [6, 6.07) is 14.6. The minimum Gasteiger partial charge on any atom is -0.496 e. The molecule has 1 N–H and O–H groups in total. The van der Waals surface area contributed by atoms with Gasteiger partial charge in [-0.05, 0) is 31.2 Å². The number of fused-ring (bicyclic) bond motifs is 1. The molecule has 0 saturated carbocycles. The highest BCUT2D eigenvalue weighted by Crippen LogP contribution is 2.18. The molecule has 0 bridgehead atoms. The highest BCUT2D eigenvalue weighted by molar-refractivity contribution is 5.92. The van der Waals surface area contributed by atoms with Crippen LogP contribution in [0, 0.1) is 0 Å². The third-order valence-corrected chi connectivity index (χ3v) is 4.24. The maximum atomic E-state index is 12.6. The lowest BCUT2D eigenvalue weighted by Gasteiger charge is -2.18.